The van der Waals surface area contributed by atoms with Gasteiger partial charge in [-0.3, -0.25) is 52.1 Å². The molecular formula is C73H81Cl2N8O18P2. The lowest BCUT2D eigenvalue weighted by Crippen LogP contribution is -2.41. The van der Waals surface area contributed by atoms with E-state index in [4.69, 9.17) is 74.2 Å². The molecule has 30 heteroatoms. The van der Waals surface area contributed by atoms with Gasteiger partial charge in [0.15, 0.2) is 0 Å². The van der Waals surface area contributed by atoms with Crippen LogP contribution in [0, 0.1) is 44.1 Å². The summed E-state index contributed by atoms with van der Waals surface area (Å²) in [6.07, 6.45) is -5.08. The molecule has 3 N–H and O–H groups in total. The minimum Gasteiger partial charge on any atom is -0.497 e. The standard InChI is InChI=1S/C73H81Cl2N8O18P2/c1-43(2)83(44(3)4)102(94-33-16-32-76)99-59-37-63(81-40-46(6)68(85)78-71(81)88)96-58(59)31-34-95-103(90,100-57-22-14-13-21-56(57)75)101-60-38-64(82-41-47(7)69(86)79-72(82)89)98-66(60)65(48-17-15-20-52(74)35-48)55-36-62(80-39-45(5)67(84)77-70(80)87)97-61(55)42-93-73(49-18-11-10-12-19-49,50-23-27-53(91-8)28-24-50)51-25-29-54(92-9)30-26-51/h10-15,17-19,21-30,35,39-41,43-44,55,58-66H,16,31,33-34,36-38,42H2,1-9H3,(H,77,84,87)(H,78,85,88)(H,79,86,89)/t55-,58-,59+,60+,61-,62-,63-,64-,65?,66+,102?,103?/m1/s1. The minimum absolute atomic E-state index is 0.00299. The van der Waals surface area contributed by atoms with Crippen molar-refractivity contribution in [3.8, 4) is 23.3 Å². The molecule has 0 amide bonds. The average Bonchev–Trinajstić information content (AvgIpc) is 1.73. The predicted molar refractivity (Wildman–Crippen MR) is 384 cm³/mol. The number of phosphoric ester groups is 1. The average molecular weight is 1490 g/mol. The maximum absolute atomic E-state index is 16.4. The van der Waals surface area contributed by atoms with E-state index in [-0.39, 0.29) is 89.9 Å². The molecule has 3 unspecified atom stereocenters. The van der Waals surface area contributed by atoms with E-state index in [1.54, 1.807) is 58.4 Å². The monoisotopic (exact) mass is 1490 g/mol. The fourth-order valence-electron chi connectivity index (χ4n) is 13.6. The number of nitrogens with zero attached hydrogens (tertiary/aromatic N) is 5. The molecule has 0 saturated carbocycles. The number of halogens is 2. The van der Waals surface area contributed by atoms with Gasteiger partial charge < -0.3 is 42.0 Å². The van der Waals surface area contributed by atoms with E-state index in [2.05, 4.69) is 27.1 Å². The van der Waals surface area contributed by atoms with Crippen molar-refractivity contribution in [2.24, 2.45) is 5.92 Å². The van der Waals surface area contributed by atoms with Crippen molar-refractivity contribution < 1.29 is 55.6 Å². The van der Waals surface area contributed by atoms with Crippen LogP contribution in [0.4, 0.5) is 0 Å². The highest BCUT2D eigenvalue weighted by atomic mass is 35.5. The van der Waals surface area contributed by atoms with Gasteiger partial charge in [0, 0.05) is 89.6 Å². The van der Waals surface area contributed by atoms with Crippen LogP contribution >= 0.6 is 39.6 Å². The fourth-order valence-corrected chi connectivity index (χ4v) is 17.2. The number of H-pyrrole nitrogens is 3. The zero-order valence-electron chi connectivity index (χ0n) is 58.1. The Kier molecular flexibility index (Phi) is 24.6. The van der Waals surface area contributed by atoms with Crippen molar-refractivity contribution in [1.82, 2.24) is 33.3 Å². The highest BCUT2D eigenvalue weighted by Crippen LogP contribution is 2.58. The molecule has 3 aromatic heterocycles. The molecule has 0 spiro atoms. The molecule has 11 rings (SSSR count). The summed E-state index contributed by atoms with van der Waals surface area (Å²) in [4.78, 5) is 87.9. The number of hydrogen-bond donors (Lipinski definition) is 3. The van der Waals surface area contributed by atoms with Crippen LogP contribution in [0.2, 0.25) is 10.0 Å². The second-order valence-corrected chi connectivity index (χ2v) is 29.6. The van der Waals surface area contributed by atoms with Crippen molar-refractivity contribution in [3.05, 3.63) is 257 Å². The number of benzene rings is 5. The smallest absolute Gasteiger partial charge is 0.497 e. The van der Waals surface area contributed by atoms with Crippen LogP contribution in [0.25, 0.3) is 0 Å². The Balaban J connectivity index is 1.03. The van der Waals surface area contributed by atoms with Crippen LogP contribution in [0.15, 0.2) is 169 Å². The van der Waals surface area contributed by atoms with Crippen LogP contribution in [-0.4, -0.2) is 110 Å². The Bertz CT molecular complexity index is 4680. The number of aryl methyl sites for hydroxylation is 3. The van der Waals surface area contributed by atoms with Crippen LogP contribution in [-0.2, 0) is 47.2 Å². The number of aromatic amines is 3. The Hall–Kier alpha value is -8.09. The normalized spacial score (nSPS) is 21.7. The predicted octanol–water partition coefficient (Wildman–Crippen LogP) is 11.6. The maximum atomic E-state index is 16.4. The first-order valence-electron chi connectivity index (χ1n) is 33.6. The summed E-state index contributed by atoms with van der Waals surface area (Å²) in [6, 6.07) is 40.7. The number of hydrogen-bond acceptors (Lipinski definition) is 20. The summed E-state index contributed by atoms with van der Waals surface area (Å²) in [5.74, 6) is -0.812. The molecule has 3 fully saturated rings. The molecule has 8 aromatic rings. The molecule has 3 aliphatic rings. The number of nitrogens with one attached hydrogen (secondary N) is 3. The number of phosphoric acid groups is 1. The topological polar surface area (TPSA) is 310 Å². The summed E-state index contributed by atoms with van der Waals surface area (Å²) in [7, 11) is -3.88. The van der Waals surface area contributed by atoms with Gasteiger partial charge in [-0.2, -0.15) is 5.26 Å². The Morgan fingerprint density at radius 1 is 0.670 bits per heavy atom. The second kappa shape index (κ2) is 33.3. The first-order chi connectivity index (χ1) is 49.4. The van der Waals surface area contributed by atoms with Crippen LogP contribution in [0.3, 0.4) is 0 Å². The van der Waals surface area contributed by atoms with Gasteiger partial charge in [-0.1, -0.05) is 102 Å². The molecular weight excluding hydrogens is 1410 g/mol. The number of nitriles is 1. The van der Waals surface area contributed by atoms with E-state index in [1.807, 2.05) is 111 Å². The Morgan fingerprint density at radius 2 is 1.18 bits per heavy atom. The van der Waals surface area contributed by atoms with Gasteiger partial charge in [-0.15, -0.1) is 0 Å². The first-order valence-corrected chi connectivity index (χ1v) is 37.0. The highest BCUT2D eigenvalue weighted by molar-refractivity contribution is 7.49. The summed E-state index contributed by atoms with van der Waals surface area (Å²) < 4.78 is 95.4. The van der Waals surface area contributed by atoms with Gasteiger partial charge in [0.25, 0.3) is 25.2 Å². The number of rotatable bonds is 30. The van der Waals surface area contributed by atoms with E-state index in [0.29, 0.717) is 33.8 Å². The van der Waals surface area contributed by atoms with Gasteiger partial charge in [-0.25, -0.2) is 23.6 Å². The molecule has 1 radical (unpaired) electrons. The van der Waals surface area contributed by atoms with Crippen molar-refractivity contribution >= 4 is 39.6 Å². The SMILES string of the molecule is COc1ccc(C(OC[C@H]2O[C@@H](n3cc(C)c(=O)[nH]c3=O)C[C@H]2C(c2cc[c]c(Cl)c2)[C@H]2O[C@@H](n3cc(C)c(=O)[nH]c3=O)C[C@@H]2OP(=O)(OCC[C@H]2O[C@@H](n3cc(C)c(=O)[nH]c3=O)C[C@@H]2OP(OCCC#N)N(C(C)C)C(C)C)Oc2ccccc2Cl)(c2ccccc2)c2ccc(OC)cc2)cc1. The first kappa shape index (κ1) is 76.1. The number of ether oxygens (including phenoxy) is 6. The van der Waals surface area contributed by atoms with Crippen molar-refractivity contribution in [3.63, 3.8) is 0 Å². The number of para-hydroxylation sites is 1. The third-order valence-corrected chi connectivity index (χ3v) is 22.6. The highest BCUT2D eigenvalue weighted by Gasteiger charge is 2.54. The summed E-state index contributed by atoms with van der Waals surface area (Å²) in [5, 5.41) is 9.76. The van der Waals surface area contributed by atoms with Crippen molar-refractivity contribution in [2.75, 3.05) is 34.0 Å². The summed E-state index contributed by atoms with van der Waals surface area (Å²) in [6.45, 7) is 11.9. The van der Waals surface area contributed by atoms with Crippen LogP contribution in [0.5, 0.6) is 17.2 Å². The third-order valence-electron chi connectivity index (χ3n) is 18.4. The van der Waals surface area contributed by atoms with E-state index >= 15 is 4.57 Å². The van der Waals surface area contributed by atoms with Crippen LogP contribution < -0.4 is 47.7 Å². The van der Waals surface area contributed by atoms with E-state index in [9.17, 15) is 34.0 Å². The maximum Gasteiger partial charge on any atom is 0.530 e. The summed E-state index contributed by atoms with van der Waals surface area (Å²) >= 11 is 13.8. The van der Waals surface area contributed by atoms with E-state index in [0.717, 1.165) is 0 Å². The molecule has 0 bridgehead atoms. The third kappa shape index (κ3) is 17.2. The lowest BCUT2D eigenvalue weighted by molar-refractivity contribution is -0.0963. The van der Waals surface area contributed by atoms with Gasteiger partial charge in [0.05, 0.1) is 76.0 Å². The molecule has 5 aromatic carbocycles. The van der Waals surface area contributed by atoms with E-state index < -0.39 is 123 Å². The Labute approximate surface area is 604 Å². The molecule has 12 atom stereocenters. The van der Waals surface area contributed by atoms with Gasteiger partial charge in [-0.05, 0) is 120 Å². The number of methoxy groups -OCH3 is 2. The van der Waals surface area contributed by atoms with E-state index in [1.165, 1.54) is 51.3 Å². The lowest BCUT2D eigenvalue weighted by Gasteiger charge is -2.39. The summed E-state index contributed by atoms with van der Waals surface area (Å²) in [5.41, 5.74) is -2.37. The largest absolute Gasteiger partial charge is 0.530 e. The zero-order chi connectivity index (χ0) is 73.4. The van der Waals surface area contributed by atoms with Gasteiger partial charge in [0.2, 0.25) is 0 Å². The second-order valence-electron chi connectivity index (χ2n) is 25.9. The molecule has 0 aliphatic carbocycles. The van der Waals surface area contributed by atoms with Gasteiger partial charge in [0.1, 0.15) is 47.6 Å². The van der Waals surface area contributed by atoms with Crippen molar-refractivity contribution in [2.45, 2.75) is 153 Å². The molecule has 26 nitrogen and oxygen atoms in total. The Morgan fingerprint density at radius 3 is 1.72 bits per heavy atom. The van der Waals surface area contributed by atoms with Gasteiger partial charge >= 0.3 is 24.9 Å². The molecule has 3 aliphatic heterocycles. The molecule has 3 saturated heterocycles. The minimum atomic E-state index is -5.12. The fraction of sp³-hybridized carbons (Fsp3) is 0.411. The number of aromatic nitrogens is 6. The molecule has 545 valence electrons. The van der Waals surface area contributed by atoms with Crippen LogP contribution in [0.1, 0.15) is 123 Å². The molecule has 6 heterocycles. The lowest BCUT2D eigenvalue weighted by atomic mass is 9.76. The zero-order valence-corrected chi connectivity index (χ0v) is 61.4. The molecule has 103 heavy (non-hydrogen) atoms. The van der Waals surface area contributed by atoms with Crippen molar-refractivity contribution in [1.29, 1.82) is 5.26 Å². The quantitative estimate of drug-likeness (QED) is 0.0214.